The van der Waals surface area contributed by atoms with Crippen LogP contribution in [0.3, 0.4) is 0 Å². The van der Waals surface area contributed by atoms with Crippen LogP contribution in [0.5, 0.6) is 0 Å². The smallest absolute Gasteiger partial charge is 0.0789 e. The summed E-state index contributed by atoms with van der Waals surface area (Å²) in [5.74, 6) is 0.722. The zero-order valence-corrected chi connectivity index (χ0v) is 26.8. The fraction of sp³-hybridized carbons (Fsp3) is 0.293. The Morgan fingerprint density at radius 3 is 2.12 bits per heavy atom. The van der Waals surface area contributed by atoms with Crippen LogP contribution in [-0.4, -0.2) is 4.98 Å². The molecule has 7 aromatic rings. The quantitative estimate of drug-likeness (QED) is 0.188. The molecule has 0 atom stereocenters. The molecule has 0 unspecified atom stereocenters. The van der Waals surface area contributed by atoms with Crippen LogP contribution in [-0.2, 0) is 6.37 Å². The summed E-state index contributed by atoms with van der Waals surface area (Å²) in [6, 6.07) is 25.8. The third-order valence-corrected chi connectivity index (χ3v) is 9.80. The molecule has 7 rings (SSSR count). The normalized spacial score (nSPS) is 15.0. The van der Waals surface area contributed by atoms with E-state index in [2.05, 4.69) is 82.3 Å². The highest BCUT2D eigenvalue weighted by atomic mass is 32.1. The van der Waals surface area contributed by atoms with Crippen LogP contribution < -0.4 is 0 Å². The van der Waals surface area contributed by atoms with Crippen molar-refractivity contribution in [2.24, 2.45) is 5.41 Å². The molecule has 0 N–H and O–H groups in total. The summed E-state index contributed by atoms with van der Waals surface area (Å²) < 4.78 is 46.7. The number of fused-ring (bicyclic) bond motifs is 9. The number of nitrogens with zero attached hydrogens (tertiary/aromatic N) is 1. The van der Waals surface area contributed by atoms with Crippen LogP contribution in [0.2, 0.25) is 0 Å². The third-order valence-electron chi connectivity index (χ3n) is 8.60. The molecule has 0 radical (unpaired) electrons. The zero-order valence-electron chi connectivity index (χ0n) is 31.0. The van der Waals surface area contributed by atoms with Gasteiger partial charge in [0.25, 0.3) is 0 Å². The molecule has 2 heterocycles. The number of aryl methyl sites for hydroxylation is 1. The Balaban J connectivity index is 1.69. The molecular weight excluding hydrogens is 539 g/mol. The van der Waals surface area contributed by atoms with E-state index in [1.807, 2.05) is 39.0 Å². The van der Waals surface area contributed by atoms with Gasteiger partial charge in [0.1, 0.15) is 0 Å². The van der Waals surface area contributed by atoms with Crippen LogP contribution in [0.1, 0.15) is 89.4 Å². The van der Waals surface area contributed by atoms with Crippen molar-refractivity contribution in [3.05, 3.63) is 101 Å². The summed E-state index contributed by atoms with van der Waals surface area (Å²) in [7, 11) is 0. The summed E-state index contributed by atoms with van der Waals surface area (Å²) in [5.41, 5.74) is 5.15. The summed E-state index contributed by atoms with van der Waals surface area (Å²) >= 11 is 1.76. The molecule has 0 aliphatic heterocycles. The Hall–Kier alpha value is -3.75. The van der Waals surface area contributed by atoms with Gasteiger partial charge in [-0.15, -0.1) is 11.3 Å². The second kappa shape index (κ2) is 10.2. The predicted molar refractivity (Wildman–Crippen MR) is 191 cm³/mol. The first-order valence-electron chi connectivity index (χ1n) is 17.8. The first kappa shape index (κ1) is 22.7. The van der Waals surface area contributed by atoms with Gasteiger partial charge >= 0.3 is 0 Å². The Bertz CT molecular complexity index is 2380. The van der Waals surface area contributed by atoms with Gasteiger partial charge in [-0.05, 0) is 86.6 Å². The van der Waals surface area contributed by atoms with Crippen molar-refractivity contribution in [3.8, 4) is 11.1 Å². The SMILES string of the molecule is [2H]C([2H])([2H])c1cnc2c3ccccc3c3cc4c(cc3c2c1C([2H])([2H])C(C)(C)C)sc1c(-c2c(C(C)C)cccc2C(C)C)cccc14. The molecule has 43 heavy (non-hydrogen) atoms. The third kappa shape index (κ3) is 4.54. The van der Waals surface area contributed by atoms with Crippen molar-refractivity contribution in [1.29, 1.82) is 0 Å². The highest BCUT2D eigenvalue weighted by molar-refractivity contribution is 7.26. The van der Waals surface area contributed by atoms with E-state index in [0.29, 0.717) is 22.7 Å². The van der Waals surface area contributed by atoms with E-state index in [9.17, 15) is 2.74 Å². The molecule has 0 aliphatic rings. The number of benzene rings is 5. The average Bonchev–Trinajstić information content (AvgIpc) is 3.39. The van der Waals surface area contributed by atoms with E-state index in [4.69, 9.17) is 9.10 Å². The van der Waals surface area contributed by atoms with E-state index in [-0.39, 0.29) is 11.1 Å². The molecule has 0 spiro atoms. The number of hydrogen-bond donors (Lipinski definition) is 0. The van der Waals surface area contributed by atoms with Gasteiger partial charge in [0.05, 0.1) is 5.52 Å². The van der Waals surface area contributed by atoms with Crippen LogP contribution in [0, 0.1) is 12.3 Å². The van der Waals surface area contributed by atoms with Crippen molar-refractivity contribution < 1.29 is 6.85 Å². The minimum Gasteiger partial charge on any atom is -0.255 e. The van der Waals surface area contributed by atoms with Gasteiger partial charge in [-0.25, -0.2) is 0 Å². The minimum atomic E-state index is -2.54. The lowest BCUT2D eigenvalue weighted by molar-refractivity contribution is 0.412. The van der Waals surface area contributed by atoms with Crippen molar-refractivity contribution in [1.82, 2.24) is 4.98 Å². The Kier molecular flexibility index (Phi) is 5.38. The molecule has 0 amide bonds. The van der Waals surface area contributed by atoms with Gasteiger partial charge in [-0.3, -0.25) is 4.98 Å². The number of rotatable bonds is 4. The Labute approximate surface area is 266 Å². The van der Waals surface area contributed by atoms with E-state index < -0.39 is 18.6 Å². The first-order valence-corrected chi connectivity index (χ1v) is 16.1. The van der Waals surface area contributed by atoms with Gasteiger partial charge in [-0.1, -0.05) is 109 Å². The Morgan fingerprint density at radius 1 is 0.767 bits per heavy atom. The van der Waals surface area contributed by atoms with Gasteiger partial charge in [0.2, 0.25) is 0 Å². The van der Waals surface area contributed by atoms with Crippen molar-refractivity contribution in [2.75, 3.05) is 0 Å². The van der Waals surface area contributed by atoms with Gasteiger partial charge in [0.15, 0.2) is 0 Å². The lowest BCUT2D eigenvalue weighted by Gasteiger charge is -2.22. The van der Waals surface area contributed by atoms with Crippen molar-refractivity contribution >= 4 is 64.0 Å². The summed E-state index contributed by atoms with van der Waals surface area (Å²) in [4.78, 5) is 4.79. The first-order chi connectivity index (χ1) is 22.5. The van der Waals surface area contributed by atoms with Crippen LogP contribution in [0.4, 0.5) is 0 Å². The summed E-state index contributed by atoms with van der Waals surface area (Å²) in [6.45, 7) is 12.0. The molecule has 1 nitrogen and oxygen atoms in total. The highest BCUT2D eigenvalue weighted by Crippen LogP contribution is 2.47. The zero-order chi connectivity index (χ0) is 34.5. The molecule has 0 fully saturated rings. The molecule has 0 bridgehead atoms. The largest absolute Gasteiger partial charge is 0.255 e. The summed E-state index contributed by atoms with van der Waals surface area (Å²) in [5, 5.41) is 6.61. The molecule has 216 valence electrons. The van der Waals surface area contributed by atoms with Gasteiger partial charge in [-0.2, -0.15) is 0 Å². The fourth-order valence-electron chi connectivity index (χ4n) is 6.74. The molecule has 0 saturated heterocycles. The fourth-order valence-corrected chi connectivity index (χ4v) is 7.98. The maximum absolute atomic E-state index is 9.48. The van der Waals surface area contributed by atoms with E-state index in [0.717, 1.165) is 31.6 Å². The monoisotopic (exact) mass is 584 g/mol. The Morgan fingerprint density at radius 2 is 1.44 bits per heavy atom. The number of aromatic nitrogens is 1. The van der Waals surface area contributed by atoms with Crippen molar-refractivity contribution in [2.45, 2.75) is 73.5 Å². The minimum absolute atomic E-state index is 0.0308. The lowest BCUT2D eigenvalue weighted by atomic mass is 9.83. The second-order valence-corrected chi connectivity index (χ2v) is 14.5. The summed E-state index contributed by atoms with van der Waals surface area (Å²) in [6.07, 6.45) is -0.585. The maximum atomic E-state index is 9.48. The average molecular weight is 585 g/mol. The number of hydrogen-bond acceptors (Lipinski definition) is 2. The van der Waals surface area contributed by atoms with Gasteiger partial charge < -0.3 is 0 Å². The van der Waals surface area contributed by atoms with Crippen LogP contribution in [0.25, 0.3) is 63.7 Å². The van der Waals surface area contributed by atoms with Gasteiger partial charge in [0, 0.05) is 49.6 Å². The van der Waals surface area contributed by atoms with Crippen LogP contribution >= 0.6 is 11.3 Å². The van der Waals surface area contributed by atoms with E-state index >= 15 is 0 Å². The van der Waals surface area contributed by atoms with Crippen LogP contribution in [0.15, 0.2) is 79.0 Å². The maximum Gasteiger partial charge on any atom is 0.0789 e. The van der Waals surface area contributed by atoms with E-state index in [1.165, 1.54) is 38.5 Å². The molecule has 2 aromatic heterocycles. The second-order valence-electron chi connectivity index (χ2n) is 13.5. The molecule has 5 aromatic carbocycles. The standard InChI is InChI=1S/C41H41NS/c1-23(2)26-15-11-16-27(24(3)4)37(26)31-18-12-17-30-33-19-32-28-13-9-10-14-29(28)39-38(34(32)20-36(33)43-40(30)31)35(21-41(6,7)8)25(5)22-42-39/h9-20,22-24H,21H2,1-8H3/i5D3,21D2. The highest BCUT2D eigenvalue weighted by Gasteiger charge is 2.22. The molecular formula is C41H41NS. The molecule has 2 heteroatoms. The van der Waals surface area contributed by atoms with Crippen molar-refractivity contribution in [3.63, 3.8) is 0 Å². The topological polar surface area (TPSA) is 12.9 Å². The number of pyridine rings is 1. The molecule has 0 aliphatic carbocycles. The molecule has 0 saturated carbocycles. The lowest BCUT2D eigenvalue weighted by Crippen LogP contribution is -2.11. The van der Waals surface area contributed by atoms with E-state index in [1.54, 1.807) is 11.3 Å². The predicted octanol–water partition coefficient (Wildman–Crippen LogP) is 12.7. The number of thiophene rings is 1.